The fraction of sp³-hybridized carbons (Fsp3) is 0.842. The van der Waals surface area contributed by atoms with E-state index in [0.717, 1.165) is 37.2 Å². The standard InChI is InChI=1S/C19H35O5PS2/c1-4-5-7-14(2)16(20)9-8-15-17(21)12-18(22)19(15)27-11-6-10-26-13-25(3,23)24/h8-9,14-17,19-21H,4-7,10-13H2,1-3H3,(H,23,24)/b9-8+/t14?,15-,16+,17?,19+/m0/s1. The van der Waals surface area contributed by atoms with Crippen LogP contribution in [0.25, 0.3) is 0 Å². The van der Waals surface area contributed by atoms with Crippen LogP contribution in [0.5, 0.6) is 0 Å². The van der Waals surface area contributed by atoms with Gasteiger partial charge in [0.1, 0.15) is 5.78 Å². The smallest absolute Gasteiger partial charge is 0.207 e. The van der Waals surface area contributed by atoms with Crippen molar-refractivity contribution in [3.63, 3.8) is 0 Å². The lowest BCUT2D eigenvalue weighted by Crippen LogP contribution is -2.23. The number of rotatable bonds is 13. The predicted octanol–water partition coefficient (Wildman–Crippen LogP) is 3.76. The molecule has 5 nitrogen and oxygen atoms in total. The highest BCUT2D eigenvalue weighted by atomic mass is 32.2. The normalized spacial score (nSPS) is 27.8. The molecule has 3 unspecified atom stereocenters. The van der Waals surface area contributed by atoms with Gasteiger partial charge in [0.15, 0.2) is 0 Å². The summed E-state index contributed by atoms with van der Waals surface area (Å²) in [7, 11) is -2.96. The van der Waals surface area contributed by atoms with Gasteiger partial charge in [-0.3, -0.25) is 9.36 Å². The summed E-state index contributed by atoms with van der Waals surface area (Å²) in [5.74, 6) is 1.53. The van der Waals surface area contributed by atoms with E-state index in [1.807, 2.05) is 13.0 Å². The molecule has 1 rings (SSSR count). The molecule has 0 aromatic rings. The molecular weight excluding hydrogens is 403 g/mol. The topological polar surface area (TPSA) is 94.8 Å². The molecule has 8 heteroatoms. The van der Waals surface area contributed by atoms with Gasteiger partial charge in [-0.05, 0) is 30.3 Å². The first-order valence-electron chi connectivity index (χ1n) is 9.71. The summed E-state index contributed by atoms with van der Waals surface area (Å²) >= 11 is 3.01. The third kappa shape index (κ3) is 10.00. The summed E-state index contributed by atoms with van der Waals surface area (Å²) in [5, 5.41) is 20.2. The van der Waals surface area contributed by atoms with Gasteiger partial charge in [0.2, 0.25) is 7.37 Å². The van der Waals surface area contributed by atoms with Crippen molar-refractivity contribution < 1.29 is 24.5 Å². The molecule has 3 N–H and O–H groups in total. The molecule has 1 aliphatic rings. The van der Waals surface area contributed by atoms with Gasteiger partial charge in [-0.1, -0.05) is 38.8 Å². The van der Waals surface area contributed by atoms with Gasteiger partial charge in [0.05, 0.1) is 23.0 Å². The second-order valence-corrected chi connectivity index (χ2v) is 12.7. The average molecular weight is 439 g/mol. The summed E-state index contributed by atoms with van der Waals surface area (Å²) in [6.07, 6.45) is 6.50. The number of ketones is 1. The first-order chi connectivity index (χ1) is 12.7. The minimum atomic E-state index is -2.96. The van der Waals surface area contributed by atoms with E-state index in [-0.39, 0.29) is 34.8 Å². The Morgan fingerprint density at radius 1 is 1.33 bits per heavy atom. The zero-order chi connectivity index (χ0) is 20.4. The van der Waals surface area contributed by atoms with Crippen LogP contribution in [0.1, 0.15) is 46.0 Å². The molecule has 1 aliphatic carbocycles. The van der Waals surface area contributed by atoms with Crippen LogP contribution >= 0.6 is 30.9 Å². The van der Waals surface area contributed by atoms with Gasteiger partial charge in [0, 0.05) is 19.0 Å². The van der Waals surface area contributed by atoms with E-state index in [9.17, 15) is 24.5 Å². The van der Waals surface area contributed by atoms with Crippen LogP contribution in [-0.4, -0.2) is 62.0 Å². The van der Waals surface area contributed by atoms with Crippen molar-refractivity contribution in [2.24, 2.45) is 11.8 Å². The summed E-state index contributed by atoms with van der Waals surface area (Å²) in [5.41, 5.74) is 0.262. The number of aliphatic hydroxyl groups is 2. The SMILES string of the molecule is CCCCC(C)[C@H](O)/C=C/[C@H]1C(O)CC(=O)[C@@H]1SCCCSCP(C)(=O)O. The summed E-state index contributed by atoms with van der Waals surface area (Å²) in [4.78, 5) is 21.5. The lowest BCUT2D eigenvalue weighted by atomic mass is 9.96. The molecule has 6 atom stereocenters. The van der Waals surface area contributed by atoms with Crippen molar-refractivity contribution in [1.82, 2.24) is 0 Å². The predicted molar refractivity (Wildman–Crippen MR) is 117 cm³/mol. The van der Waals surface area contributed by atoms with Crippen molar-refractivity contribution in [3.05, 3.63) is 12.2 Å². The minimum absolute atomic E-state index is 0.0664. The fourth-order valence-corrected chi connectivity index (χ4v) is 6.79. The number of carbonyl (C=O) groups excluding carboxylic acids is 1. The Balaban J connectivity index is 2.46. The maximum Gasteiger partial charge on any atom is 0.207 e. The zero-order valence-corrected chi connectivity index (χ0v) is 19.1. The van der Waals surface area contributed by atoms with Crippen LogP contribution in [0.3, 0.4) is 0 Å². The van der Waals surface area contributed by atoms with Crippen LogP contribution in [-0.2, 0) is 9.36 Å². The Morgan fingerprint density at radius 2 is 2.04 bits per heavy atom. The molecular formula is C19H35O5PS2. The van der Waals surface area contributed by atoms with E-state index in [2.05, 4.69) is 6.92 Å². The van der Waals surface area contributed by atoms with Crippen LogP contribution in [0.4, 0.5) is 0 Å². The van der Waals surface area contributed by atoms with Gasteiger partial charge in [-0.25, -0.2) is 0 Å². The second-order valence-electron chi connectivity index (χ2n) is 7.54. The Labute approximate surface area is 172 Å². The summed E-state index contributed by atoms with van der Waals surface area (Å²) in [6, 6.07) is 0. The van der Waals surface area contributed by atoms with E-state index in [0.29, 0.717) is 0 Å². The molecule has 1 fully saturated rings. The number of aliphatic hydroxyl groups excluding tert-OH is 2. The number of thioether (sulfide) groups is 2. The number of carbonyl (C=O) groups is 1. The summed E-state index contributed by atoms with van der Waals surface area (Å²) < 4.78 is 11.2. The molecule has 0 bridgehead atoms. The second kappa shape index (κ2) is 12.7. The van der Waals surface area contributed by atoms with E-state index < -0.39 is 19.6 Å². The minimum Gasteiger partial charge on any atom is -0.392 e. The van der Waals surface area contributed by atoms with Gasteiger partial charge in [0.25, 0.3) is 0 Å². The van der Waals surface area contributed by atoms with Crippen molar-refractivity contribution in [1.29, 1.82) is 0 Å². The van der Waals surface area contributed by atoms with E-state index in [1.54, 1.807) is 17.8 Å². The molecule has 0 amide bonds. The maximum atomic E-state index is 12.2. The van der Waals surface area contributed by atoms with Gasteiger partial charge >= 0.3 is 0 Å². The molecule has 1 saturated carbocycles. The van der Waals surface area contributed by atoms with Crippen LogP contribution in [0, 0.1) is 11.8 Å². The molecule has 0 heterocycles. The molecule has 0 saturated heterocycles. The van der Waals surface area contributed by atoms with E-state index in [4.69, 9.17) is 0 Å². The third-order valence-electron chi connectivity index (χ3n) is 4.71. The fourth-order valence-electron chi connectivity index (χ4n) is 3.04. The van der Waals surface area contributed by atoms with Crippen molar-refractivity contribution in [2.45, 2.75) is 63.4 Å². The highest BCUT2D eigenvalue weighted by Gasteiger charge is 2.40. The maximum absolute atomic E-state index is 12.2. The highest BCUT2D eigenvalue weighted by Crippen LogP contribution is 2.39. The molecule has 27 heavy (non-hydrogen) atoms. The molecule has 158 valence electrons. The van der Waals surface area contributed by atoms with E-state index in [1.165, 1.54) is 18.4 Å². The number of unbranched alkanes of at least 4 members (excludes halogenated alkanes) is 1. The molecule has 0 aliphatic heterocycles. The summed E-state index contributed by atoms with van der Waals surface area (Å²) in [6.45, 7) is 5.51. The third-order valence-corrected chi connectivity index (χ3v) is 9.39. The monoisotopic (exact) mass is 438 g/mol. The van der Waals surface area contributed by atoms with Crippen molar-refractivity contribution in [2.75, 3.05) is 23.7 Å². The lowest BCUT2D eigenvalue weighted by Gasteiger charge is -2.19. The average Bonchev–Trinajstić information content (AvgIpc) is 2.85. The first kappa shape index (κ1) is 25.3. The Hall–Kier alpha value is 0.220. The number of Topliss-reactive ketones (excluding diaryl/α,β-unsaturated/α-hetero) is 1. The number of hydrogen-bond donors (Lipinski definition) is 3. The first-order valence-corrected chi connectivity index (χ1v) is 14.2. The molecule has 0 aromatic heterocycles. The lowest BCUT2D eigenvalue weighted by molar-refractivity contribution is -0.117. The van der Waals surface area contributed by atoms with E-state index >= 15 is 0 Å². The van der Waals surface area contributed by atoms with Gasteiger partial charge in [-0.2, -0.15) is 11.8 Å². The van der Waals surface area contributed by atoms with Crippen LogP contribution in [0.2, 0.25) is 0 Å². The van der Waals surface area contributed by atoms with Gasteiger partial charge in [-0.15, -0.1) is 11.8 Å². The molecule has 0 aromatic carbocycles. The zero-order valence-electron chi connectivity index (χ0n) is 16.6. The highest BCUT2D eigenvalue weighted by molar-refractivity contribution is 8.05. The van der Waals surface area contributed by atoms with Crippen molar-refractivity contribution in [3.8, 4) is 0 Å². The molecule has 0 radical (unpaired) electrons. The van der Waals surface area contributed by atoms with Crippen LogP contribution in [0.15, 0.2) is 12.2 Å². The Bertz CT molecular complexity index is 522. The van der Waals surface area contributed by atoms with Crippen LogP contribution < -0.4 is 0 Å². The Morgan fingerprint density at radius 3 is 2.67 bits per heavy atom. The van der Waals surface area contributed by atoms with Gasteiger partial charge < -0.3 is 15.1 Å². The quantitative estimate of drug-likeness (QED) is 0.229. The Kier molecular flexibility index (Phi) is 11.9. The largest absolute Gasteiger partial charge is 0.392 e. The number of hydrogen-bond acceptors (Lipinski definition) is 6. The van der Waals surface area contributed by atoms with Crippen molar-refractivity contribution >= 4 is 36.7 Å². The molecule has 0 spiro atoms.